The Bertz CT molecular complexity index is 651. The number of amides is 2. The van der Waals surface area contributed by atoms with Gasteiger partial charge in [-0.1, -0.05) is 0 Å². The van der Waals surface area contributed by atoms with E-state index in [2.05, 4.69) is 38.3 Å². The molecule has 1 aromatic carbocycles. The first kappa shape index (κ1) is 15.5. The zero-order chi connectivity index (χ0) is 15.4. The van der Waals surface area contributed by atoms with Crippen molar-refractivity contribution in [3.05, 3.63) is 40.2 Å². The Morgan fingerprint density at radius 3 is 2.24 bits per heavy atom. The Morgan fingerprint density at radius 1 is 1.19 bits per heavy atom. The van der Waals surface area contributed by atoms with Crippen LogP contribution in [-0.4, -0.2) is 21.6 Å². The van der Waals surface area contributed by atoms with Crippen molar-refractivity contribution in [2.24, 2.45) is 0 Å². The molecular weight excluding hydrogens is 383 g/mol. The standard InChI is InChI=1S/C14H15IN4O2/c1-9(19-8-11(15)7-16-19)14(21)18-13-5-3-12(4-6-13)17-10(2)20/h3-9H,1-2H3,(H,17,20)(H,18,21). The molecular formula is C14H15IN4O2. The number of benzene rings is 1. The summed E-state index contributed by atoms with van der Waals surface area (Å²) in [4.78, 5) is 23.1. The van der Waals surface area contributed by atoms with Crippen LogP contribution in [0.3, 0.4) is 0 Å². The highest BCUT2D eigenvalue weighted by Crippen LogP contribution is 2.16. The smallest absolute Gasteiger partial charge is 0.248 e. The van der Waals surface area contributed by atoms with Gasteiger partial charge < -0.3 is 10.6 Å². The lowest BCUT2D eigenvalue weighted by Crippen LogP contribution is -2.24. The maximum Gasteiger partial charge on any atom is 0.248 e. The zero-order valence-corrected chi connectivity index (χ0v) is 13.8. The molecule has 0 spiro atoms. The van der Waals surface area contributed by atoms with Gasteiger partial charge in [0, 0.05) is 24.5 Å². The van der Waals surface area contributed by atoms with Gasteiger partial charge in [0.25, 0.3) is 0 Å². The van der Waals surface area contributed by atoms with E-state index < -0.39 is 6.04 Å². The van der Waals surface area contributed by atoms with Crippen LogP contribution in [0.15, 0.2) is 36.7 Å². The predicted molar refractivity (Wildman–Crippen MR) is 89.0 cm³/mol. The van der Waals surface area contributed by atoms with E-state index in [0.717, 1.165) is 3.57 Å². The number of anilines is 2. The third kappa shape index (κ3) is 4.28. The Labute approximate surface area is 136 Å². The van der Waals surface area contributed by atoms with Crippen LogP contribution in [0.1, 0.15) is 19.9 Å². The average Bonchev–Trinajstić information content (AvgIpc) is 2.86. The summed E-state index contributed by atoms with van der Waals surface area (Å²) in [6.07, 6.45) is 3.51. The molecule has 1 aromatic heterocycles. The summed E-state index contributed by atoms with van der Waals surface area (Å²) in [7, 11) is 0. The van der Waals surface area contributed by atoms with Crippen LogP contribution in [-0.2, 0) is 9.59 Å². The second-order valence-electron chi connectivity index (χ2n) is 4.56. The molecule has 21 heavy (non-hydrogen) atoms. The van der Waals surface area contributed by atoms with Crippen LogP contribution in [0.5, 0.6) is 0 Å². The first-order valence-electron chi connectivity index (χ1n) is 6.34. The summed E-state index contributed by atoms with van der Waals surface area (Å²) in [5.74, 6) is -0.282. The molecule has 0 aliphatic heterocycles. The maximum absolute atomic E-state index is 12.1. The van der Waals surface area contributed by atoms with E-state index in [0.29, 0.717) is 11.4 Å². The van der Waals surface area contributed by atoms with E-state index >= 15 is 0 Å². The van der Waals surface area contributed by atoms with Gasteiger partial charge in [0.2, 0.25) is 11.8 Å². The van der Waals surface area contributed by atoms with Gasteiger partial charge in [-0.25, -0.2) is 0 Å². The normalized spacial score (nSPS) is 11.8. The number of carbonyl (C=O) groups excluding carboxylic acids is 2. The fourth-order valence-corrected chi connectivity index (χ4v) is 2.14. The summed E-state index contributed by atoms with van der Waals surface area (Å²) in [5, 5.41) is 9.61. The maximum atomic E-state index is 12.1. The minimum Gasteiger partial charge on any atom is -0.326 e. The molecule has 1 atom stereocenters. The minimum absolute atomic E-state index is 0.131. The second-order valence-corrected chi connectivity index (χ2v) is 5.81. The number of hydrogen-bond acceptors (Lipinski definition) is 3. The lowest BCUT2D eigenvalue weighted by molar-refractivity contribution is -0.119. The lowest BCUT2D eigenvalue weighted by Gasteiger charge is -2.13. The molecule has 1 heterocycles. The van der Waals surface area contributed by atoms with Gasteiger partial charge in [-0.05, 0) is 53.8 Å². The van der Waals surface area contributed by atoms with Gasteiger partial charge in [0.15, 0.2) is 0 Å². The molecule has 0 aliphatic rings. The molecule has 6 nitrogen and oxygen atoms in total. The second kappa shape index (κ2) is 6.70. The van der Waals surface area contributed by atoms with Crippen LogP contribution in [0.4, 0.5) is 11.4 Å². The highest BCUT2D eigenvalue weighted by molar-refractivity contribution is 14.1. The summed E-state index contributed by atoms with van der Waals surface area (Å²) < 4.78 is 2.59. The van der Waals surface area contributed by atoms with Gasteiger partial charge in [-0.2, -0.15) is 5.10 Å². The molecule has 110 valence electrons. The zero-order valence-electron chi connectivity index (χ0n) is 11.6. The van der Waals surface area contributed by atoms with Crippen molar-refractivity contribution < 1.29 is 9.59 Å². The third-order valence-corrected chi connectivity index (χ3v) is 3.38. The van der Waals surface area contributed by atoms with Crippen molar-refractivity contribution in [2.45, 2.75) is 19.9 Å². The minimum atomic E-state index is -0.400. The van der Waals surface area contributed by atoms with Gasteiger partial charge in [-0.3, -0.25) is 14.3 Å². The monoisotopic (exact) mass is 398 g/mol. The molecule has 2 aromatic rings. The van der Waals surface area contributed by atoms with Crippen molar-refractivity contribution in [1.82, 2.24) is 9.78 Å². The van der Waals surface area contributed by atoms with E-state index in [4.69, 9.17) is 0 Å². The first-order chi connectivity index (χ1) is 9.95. The highest BCUT2D eigenvalue weighted by atomic mass is 127. The Hall–Kier alpha value is -1.90. The molecule has 1 unspecified atom stereocenters. The van der Waals surface area contributed by atoms with Crippen molar-refractivity contribution >= 4 is 45.8 Å². The molecule has 0 fully saturated rings. The van der Waals surface area contributed by atoms with E-state index in [9.17, 15) is 9.59 Å². The summed E-state index contributed by atoms with van der Waals surface area (Å²) in [6.45, 7) is 3.23. The van der Waals surface area contributed by atoms with E-state index in [1.807, 2.05) is 6.20 Å². The molecule has 2 N–H and O–H groups in total. The van der Waals surface area contributed by atoms with Crippen molar-refractivity contribution in [3.8, 4) is 0 Å². The molecule has 0 aliphatic carbocycles. The Balaban J connectivity index is 2.00. The number of carbonyl (C=O) groups is 2. The van der Waals surface area contributed by atoms with Crippen LogP contribution in [0.25, 0.3) is 0 Å². The molecule has 0 saturated carbocycles. The summed E-state index contributed by atoms with van der Waals surface area (Å²) in [6, 6.07) is 6.55. The number of nitrogens with one attached hydrogen (secondary N) is 2. The number of hydrogen-bond donors (Lipinski definition) is 2. The number of halogens is 1. The molecule has 0 saturated heterocycles. The van der Waals surface area contributed by atoms with Crippen LogP contribution < -0.4 is 10.6 Å². The molecule has 0 bridgehead atoms. The SMILES string of the molecule is CC(=O)Nc1ccc(NC(=O)C(C)n2cc(I)cn2)cc1. The fourth-order valence-electron chi connectivity index (χ4n) is 1.73. The quantitative estimate of drug-likeness (QED) is 0.778. The van der Waals surface area contributed by atoms with Gasteiger partial charge in [0.05, 0.1) is 9.77 Å². The van der Waals surface area contributed by atoms with Crippen molar-refractivity contribution in [2.75, 3.05) is 10.6 Å². The van der Waals surface area contributed by atoms with Gasteiger partial charge in [-0.15, -0.1) is 0 Å². The van der Waals surface area contributed by atoms with Gasteiger partial charge >= 0.3 is 0 Å². The van der Waals surface area contributed by atoms with E-state index in [1.165, 1.54) is 6.92 Å². The van der Waals surface area contributed by atoms with E-state index in [1.54, 1.807) is 42.1 Å². The van der Waals surface area contributed by atoms with E-state index in [-0.39, 0.29) is 11.8 Å². The molecule has 2 amide bonds. The molecule has 2 rings (SSSR count). The van der Waals surface area contributed by atoms with Crippen molar-refractivity contribution in [3.63, 3.8) is 0 Å². The number of rotatable bonds is 4. The highest BCUT2D eigenvalue weighted by Gasteiger charge is 2.15. The van der Waals surface area contributed by atoms with Crippen LogP contribution in [0, 0.1) is 3.57 Å². The third-order valence-electron chi connectivity index (χ3n) is 2.82. The predicted octanol–water partition coefficient (Wildman–Crippen LogP) is 2.65. The lowest BCUT2D eigenvalue weighted by atomic mass is 10.2. The fraction of sp³-hybridized carbons (Fsp3) is 0.214. The average molecular weight is 398 g/mol. The van der Waals surface area contributed by atoms with Crippen LogP contribution in [0.2, 0.25) is 0 Å². The molecule has 7 heteroatoms. The first-order valence-corrected chi connectivity index (χ1v) is 7.42. The van der Waals surface area contributed by atoms with Crippen molar-refractivity contribution in [1.29, 1.82) is 0 Å². The Morgan fingerprint density at radius 2 is 1.76 bits per heavy atom. The largest absolute Gasteiger partial charge is 0.326 e. The Kier molecular flexibility index (Phi) is 4.94. The summed E-state index contributed by atoms with van der Waals surface area (Å²) in [5.41, 5.74) is 1.36. The van der Waals surface area contributed by atoms with Crippen LogP contribution >= 0.6 is 22.6 Å². The van der Waals surface area contributed by atoms with Gasteiger partial charge in [0.1, 0.15) is 6.04 Å². The number of aromatic nitrogens is 2. The summed E-state index contributed by atoms with van der Waals surface area (Å²) >= 11 is 2.14. The topological polar surface area (TPSA) is 76.0 Å². The molecule has 0 radical (unpaired) electrons. The number of nitrogens with zero attached hydrogens (tertiary/aromatic N) is 2.